The third-order valence-electron chi connectivity index (χ3n) is 6.24. The van der Waals surface area contributed by atoms with Crippen LogP contribution in [-0.2, 0) is 17.9 Å². The van der Waals surface area contributed by atoms with Crippen LogP contribution < -0.4 is 5.32 Å². The van der Waals surface area contributed by atoms with Crippen LogP contribution in [0.1, 0.15) is 11.3 Å². The number of nitrogens with zero attached hydrogens (tertiary/aromatic N) is 4. The number of aromatic amines is 1. The molecule has 8 nitrogen and oxygen atoms in total. The summed E-state index contributed by atoms with van der Waals surface area (Å²) in [7, 11) is 0. The predicted molar refractivity (Wildman–Crippen MR) is 153 cm³/mol. The fourth-order valence-corrected chi connectivity index (χ4v) is 4.22. The molecule has 0 saturated carbocycles. The highest BCUT2D eigenvalue weighted by Gasteiger charge is 2.38. The van der Waals surface area contributed by atoms with Gasteiger partial charge in [0.05, 0.1) is 28.6 Å². The van der Waals surface area contributed by atoms with Crippen LogP contribution in [0, 0.1) is 5.82 Å². The largest absolute Gasteiger partial charge is 0.490 e. The van der Waals surface area contributed by atoms with Gasteiger partial charge in [-0.3, -0.25) is 0 Å². The number of aromatic nitrogens is 5. The molecule has 0 bridgehead atoms. The van der Waals surface area contributed by atoms with E-state index in [0.717, 1.165) is 39.4 Å². The van der Waals surface area contributed by atoms with Gasteiger partial charge in [-0.25, -0.2) is 14.2 Å². The molecule has 6 aromatic rings. The zero-order valence-corrected chi connectivity index (χ0v) is 22.4. The number of rotatable bonds is 7. The van der Waals surface area contributed by atoms with Crippen molar-refractivity contribution in [3.63, 3.8) is 0 Å². The lowest BCUT2D eigenvalue weighted by Gasteiger charge is -2.08. The van der Waals surface area contributed by atoms with Crippen LogP contribution in [-0.4, -0.2) is 42.2 Å². The second-order valence-corrected chi connectivity index (χ2v) is 9.40. The second-order valence-electron chi connectivity index (χ2n) is 9.40. The molecule has 43 heavy (non-hydrogen) atoms. The molecule has 4 aromatic carbocycles. The van der Waals surface area contributed by atoms with Gasteiger partial charge in [-0.05, 0) is 59.2 Å². The van der Waals surface area contributed by atoms with Gasteiger partial charge in [0, 0.05) is 18.7 Å². The molecule has 0 aliphatic carbocycles. The number of benzene rings is 4. The van der Waals surface area contributed by atoms with Crippen molar-refractivity contribution in [3.8, 4) is 28.2 Å². The topological polar surface area (TPSA) is 109 Å². The number of para-hydroxylation sites is 1. The molecule has 3 N–H and O–H groups in total. The Labute approximate surface area is 242 Å². The van der Waals surface area contributed by atoms with E-state index >= 15 is 0 Å². The molecule has 0 aliphatic heterocycles. The SMILES string of the molecule is Fc1ccc2nc(-c3cccc(-c4cccc(CNCc5cnn(-c6ccccc6)n5)c4)c3)[nH]c2c1.O=C(O)C(F)(F)F. The summed E-state index contributed by atoms with van der Waals surface area (Å²) in [5, 5.41) is 19.5. The smallest absolute Gasteiger partial charge is 0.475 e. The number of hydrogen-bond acceptors (Lipinski definition) is 5. The molecule has 218 valence electrons. The summed E-state index contributed by atoms with van der Waals surface area (Å²) in [6, 6.07) is 31.1. The number of halogens is 4. The average Bonchev–Trinajstić information content (AvgIpc) is 3.65. The molecule has 6 rings (SSSR count). The Morgan fingerprint density at radius 2 is 1.56 bits per heavy atom. The third kappa shape index (κ3) is 7.49. The zero-order valence-electron chi connectivity index (χ0n) is 22.4. The molecule has 0 atom stereocenters. The Kier molecular flexibility index (Phi) is 8.58. The summed E-state index contributed by atoms with van der Waals surface area (Å²) >= 11 is 0. The number of alkyl halides is 3. The van der Waals surface area contributed by atoms with Gasteiger partial charge in [-0.1, -0.05) is 54.6 Å². The van der Waals surface area contributed by atoms with Crippen LogP contribution in [0.5, 0.6) is 0 Å². The number of nitrogens with one attached hydrogen (secondary N) is 2. The van der Waals surface area contributed by atoms with Crippen molar-refractivity contribution in [2.75, 3.05) is 0 Å². The van der Waals surface area contributed by atoms with Crippen LogP contribution in [0.4, 0.5) is 17.6 Å². The van der Waals surface area contributed by atoms with E-state index in [1.165, 1.54) is 17.7 Å². The number of imidazole rings is 1. The Morgan fingerprint density at radius 1 is 0.860 bits per heavy atom. The molecule has 2 aromatic heterocycles. The normalized spacial score (nSPS) is 11.3. The molecule has 0 fully saturated rings. The minimum absolute atomic E-state index is 0.280. The highest BCUT2D eigenvalue weighted by atomic mass is 19.4. The lowest BCUT2D eigenvalue weighted by Crippen LogP contribution is -2.21. The Bertz CT molecular complexity index is 1850. The molecular weight excluding hydrogens is 564 g/mol. The number of H-pyrrole nitrogens is 1. The van der Waals surface area contributed by atoms with Crippen molar-refractivity contribution >= 4 is 17.0 Å². The average molecular weight is 589 g/mol. The van der Waals surface area contributed by atoms with E-state index in [1.54, 1.807) is 17.1 Å². The molecule has 0 spiro atoms. The van der Waals surface area contributed by atoms with Crippen molar-refractivity contribution in [2.24, 2.45) is 0 Å². The maximum absolute atomic E-state index is 13.6. The van der Waals surface area contributed by atoms with E-state index in [2.05, 4.69) is 61.9 Å². The van der Waals surface area contributed by atoms with E-state index in [0.29, 0.717) is 18.6 Å². The van der Waals surface area contributed by atoms with Crippen molar-refractivity contribution in [2.45, 2.75) is 19.3 Å². The van der Waals surface area contributed by atoms with Gasteiger partial charge in [-0.15, -0.1) is 0 Å². The molecule has 0 saturated heterocycles. The molecule has 0 amide bonds. The Morgan fingerprint density at radius 3 is 2.30 bits per heavy atom. The van der Waals surface area contributed by atoms with E-state index in [-0.39, 0.29) is 5.82 Å². The van der Waals surface area contributed by atoms with Gasteiger partial charge in [0.25, 0.3) is 0 Å². The van der Waals surface area contributed by atoms with Gasteiger partial charge < -0.3 is 15.4 Å². The summed E-state index contributed by atoms with van der Waals surface area (Å²) in [5.74, 6) is -2.32. The number of aliphatic carboxylic acids is 1. The fourth-order valence-electron chi connectivity index (χ4n) is 4.22. The van der Waals surface area contributed by atoms with E-state index in [9.17, 15) is 17.6 Å². The van der Waals surface area contributed by atoms with Crippen molar-refractivity contribution in [3.05, 3.63) is 120 Å². The maximum Gasteiger partial charge on any atom is 0.490 e. The molecule has 0 aliphatic rings. The van der Waals surface area contributed by atoms with E-state index in [1.807, 2.05) is 42.5 Å². The molecule has 0 unspecified atom stereocenters. The fraction of sp³-hybridized carbons (Fsp3) is 0.0968. The molecule has 2 heterocycles. The monoisotopic (exact) mass is 588 g/mol. The number of fused-ring (bicyclic) bond motifs is 1. The standard InChI is InChI=1S/C29H23FN6.C2HF3O2/c30-24-12-13-27-28(16-24)34-29(33-27)23-9-5-8-22(15-23)21-7-4-6-20(14-21)17-31-18-25-19-32-36(35-25)26-10-2-1-3-11-26;3-2(4,5)1(6)7/h1-16,19,31H,17-18H2,(H,33,34);(H,6,7). The van der Waals surface area contributed by atoms with Gasteiger partial charge in [-0.2, -0.15) is 28.2 Å². The van der Waals surface area contributed by atoms with Crippen molar-refractivity contribution < 1.29 is 27.5 Å². The maximum atomic E-state index is 13.6. The first-order valence-corrected chi connectivity index (χ1v) is 13.0. The minimum atomic E-state index is -5.08. The van der Waals surface area contributed by atoms with E-state index in [4.69, 9.17) is 9.90 Å². The highest BCUT2D eigenvalue weighted by molar-refractivity contribution is 5.80. The van der Waals surface area contributed by atoms with Crippen LogP contribution in [0.2, 0.25) is 0 Å². The second kappa shape index (κ2) is 12.7. The zero-order chi connectivity index (χ0) is 30.4. The van der Waals surface area contributed by atoms with Crippen molar-refractivity contribution in [1.82, 2.24) is 30.3 Å². The highest BCUT2D eigenvalue weighted by Crippen LogP contribution is 2.27. The van der Waals surface area contributed by atoms with Gasteiger partial charge >= 0.3 is 12.1 Å². The number of carboxylic acid groups (broad SMARTS) is 1. The van der Waals surface area contributed by atoms with Crippen molar-refractivity contribution in [1.29, 1.82) is 0 Å². The first-order chi connectivity index (χ1) is 20.7. The summed E-state index contributed by atoms with van der Waals surface area (Å²) in [5.41, 5.74) is 7.59. The molecule has 12 heteroatoms. The molecule has 0 radical (unpaired) electrons. The molecular formula is C31H24F4N6O2. The Balaban J connectivity index is 0.000000472. The quantitative estimate of drug-likeness (QED) is 0.183. The first kappa shape index (κ1) is 29.1. The summed E-state index contributed by atoms with van der Waals surface area (Å²) in [4.78, 5) is 18.4. The van der Waals surface area contributed by atoms with Gasteiger partial charge in [0.2, 0.25) is 0 Å². The minimum Gasteiger partial charge on any atom is -0.475 e. The van der Waals surface area contributed by atoms with Crippen LogP contribution in [0.15, 0.2) is 103 Å². The van der Waals surface area contributed by atoms with E-state index < -0.39 is 12.1 Å². The van der Waals surface area contributed by atoms with Gasteiger partial charge in [0.15, 0.2) is 0 Å². The van der Waals surface area contributed by atoms with Crippen LogP contribution in [0.3, 0.4) is 0 Å². The predicted octanol–water partition coefficient (Wildman–Crippen LogP) is 6.54. The van der Waals surface area contributed by atoms with Crippen LogP contribution >= 0.6 is 0 Å². The number of carbonyl (C=O) groups is 1. The van der Waals surface area contributed by atoms with Gasteiger partial charge in [0.1, 0.15) is 11.6 Å². The van der Waals surface area contributed by atoms with Crippen LogP contribution in [0.25, 0.3) is 39.2 Å². The Hall–Kier alpha value is -5.36. The summed E-state index contributed by atoms with van der Waals surface area (Å²) < 4.78 is 45.3. The lowest BCUT2D eigenvalue weighted by atomic mass is 10.0. The number of carboxylic acids is 1. The lowest BCUT2D eigenvalue weighted by molar-refractivity contribution is -0.192. The summed E-state index contributed by atoms with van der Waals surface area (Å²) in [6.45, 7) is 1.33. The number of hydrogen-bond donors (Lipinski definition) is 3. The third-order valence-corrected chi connectivity index (χ3v) is 6.24. The first-order valence-electron chi connectivity index (χ1n) is 13.0. The summed E-state index contributed by atoms with van der Waals surface area (Å²) in [6.07, 6.45) is -3.30.